The zero-order chi connectivity index (χ0) is 18.5. The van der Waals surface area contributed by atoms with Crippen molar-refractivity contribution in [1.29, 1.82) is 0 Å². The fraction of sp³-hybridized carbons (Fsp3) is 0.208. The number of nitrogens with one attached hydrogen (secondary N) is 1. The van der Waals surface area contributed by atoms with Gasteiger partial charge in [-0.25, -0.2) is 0 Å². The van der Waals surface area contributed by atoms with Gasteiger partial charge in [0, 0.05) is 6.54 Å². The van der Waals surface area contributed by atoms with Gasteiger partial charge in [-0.2, -0.15) is 0 Å². The second-order valence-corrected chi connectivity index (χ2v) is 6.81. The molecule has 3 aromatic carbocycles. The molecule has 0 aromatic heterocycles. The van der Waals surface area contributed by atoms with E-state index in [2.05, 4.69) is 23.5 Å². The van der Waals surface area contributed by atoms with Gasteiger partial charge in [0.1, 0.15) is 6.10 Å². The van der Waals surface area contributed by atoms with Crippen LogP contribution in [0.4, 0.5) is 0 Å². The van der Waals surface area contributed by atoms with Gasteiger partial charge in [0.25, 0.3) is 0 Å². The first-order valence-corrected chi connectivity index (χ1v) is 9.40. The fourth-order valence-corrected chi connectivity index (χ4v) is 3.73. The van der Waals surface area contributed by atoms with E-state index in [1.165, 1.54) is 11.1 Å². The highest BCUT2D eigenvalue weighted by Crippen LogP contribution is 2.28. The van der Waals surface area contributed by atoms with Crippen molar-refractivity contribution in [2.24, 2.45) is 0 Å². The Labute approximate surface area is 160 Å². The lowest BCUT2D eigenvalue weighted by molar-refractivity contribution is -0.122. The largest absolute Gasteiger partial charge is 0.371 e. The summed E-state index contributed by atoms with van der Waals surface area (Å²) in [5, 5.41) is 3.13. The van der Waals surface area contributed by atoms with Crippen LogP contribution in [0.25, 0.3) is 0 Å². The van der Waals surface area contributed by atoms with Crippen LogP contribution in [-0.2, 0) is 16.0 Å². The minimum absolute atomic E-state index is 0.000875. The second kappa shape index (κ2) is 8.19. The van der Waals surface area contributed by atoms with Gasteiger partial charge in [-0.15, -0.1) is 0 Å². The lowest BCUT2D eigenvalue weighted by Gasteiger charge is -2.27. The molecule has 0 spiro atoms. The van der Waals surface area contributed by atoms with Gasteiger partial charge >= 0.3 is 0 Å². The molecule has 1 aliphatic heterocycles. The Hall–Kier alpha value is -2.91. The van der Waals surface area contributed by atoms with Crippen molar-refractivity contribution in [2.45, 2.75) is 18.4 Å². The van der Waals surface area contributed by atoms with E-state index in [0.717, 1.165) is 17.5 Å². The maximum Gasteiger partial charge on any atom is 0.232 e. The number of rotatable bonds is 5. The standard InChI is InChI=1S/C24H23NO2/c26-24(25-17-22-21-14-8-7-9-18(21)15-16-27-22)23(19-10-3-1-4-11-19)20-12-5-2-6-13-20/h1-14,22-23H,15-17H2,(H,25,26). The maximum absolute atomic E-state index is 13.1. The summed E-state index contributed by atoms with van der Waals surface area (Å²) in [5.74, 6) is -0.328. The van der Waals surface area contributed by atoms with E-state index in [0.29, 0.717) is 13.2 Å². The van der Waals surface area contributed by atoms with E-state index < -0.39 is 0 Å². The van der Waals surface area contributed by atoms with E-state index in [9.17, 15) is 4.79 Å². The maximum atomic E-state index is 13.1. The SMILES string of the molecule is O=C(NCC1OCCc2ccccc21)C(c1ccccc1)c1ccccc1. The summed E-state index contributed by atoms with van der Waals surface area (Å²) in [5.41, 5.74) is 4.48. The van der Waals surface area contributed by atoms with Crippen LogP contribution in [0.2, 0.25) is 0 Å². The highest BCUT2D eigenvalue weighted by atomic mass is 16.5. The van der Waals surface area contributed by atoms with Crippen molar-refractivity contribution >= 4 is 5.91 Å². The summed E-state index contributed by atoms with van der Waals surface area (Å²) >= 11 is 0. The van der Waals surface area contributed by atoms with Crippen molar-refractivity contribution in [3.8, 4) is 0 Å². The summed E-state index contributed by atoms with van der Waals surface area (Å²) in [6, 6.07) is 28.2. The molecule has 3 nitrogen and oxygen atoms in total. The molecular formula is C24H23NO2. The summed E-state index contributed by atoms with van der Waals surface area (Å²) < 4.78 is 5.93. The van der Waals surface area contributed by atoms with Crippen molar-refractivity contribution in [3.05, 3.63) is 107 Å². The molecule has 4 rings (SSSR count). The van der Waals surface area contributed by atoms with Crippen molar-refractivity contribution in [3.63, 3.8) is 0 Å². The third kappa shape index (κ3) is 3.93. The summed E-state index contributed by atoms with van der Waals surface area (Å²) in [6.07, 6.45) is 0.836. The quantitative estimate of drug-likeness (QED) is 0.741. The Morgan fingerprint density at radius 1 is 0.889 bits per heavy atom. The van der Waals surface area contributed by atoms with Crippen LogP contribution in [0.5, 0.6) is 0 Å². The van der Waals surface area contributed by atoms with Crippen LogP contribution in [0.3, 0.4) is 0 Å². The Balaban J connectivity index is 1.53. The third-order valence-corrected chi connectivity index (χ3v) is 5.08. The predicted molar refractivity (Wildman–Crippen MR) is 107 cm³/mol. The molecule has 1 unspecified atom stereocenters. The smallest absolute Gasteiger partial charge is 0.232 e. The minimum atomic E-state index is -0.328. The topological polar surface area (TPSA) is 38.3 Å². The number of carbonyl (C=O) groups is 1. The number of carbonyl (C=O) groups excluding carboxylic acids is 1. The summed E-state index contributed by atoms with van der Waals surface area (Å²) in [7, 11) is 0. The average molecular weight is 357 g/mol. The van der Waals surface area contributed by atoms with Crippen molar-refractivity contribution < 1.29 is 9.53 Å². The van der Waals surface area contributed by atoms with E-state index >= 15 is 0 Å². The van der Waals surface area contributed by atoms with Crippen LogP contribution in [-0.4, -0.2) is 19.1 Å². The molecule has 3 aromatic rings. The monoisotopic (exact) mass is 357 g/mol. The van der Waals surface area contributed by atoms with Crippen LogP contribution in [0.15, 0.2) is 84.9 Å². The number of amides is 1. The van der Waals surface area contributed by atoms with E-state index in [4.69, 9.17) is 4.74 Å². The number of fused-ring (bicyclic) bond motifs is 1. The summed E-state index contributed by atoms with van der Waals surface area (Å²) in [6.45, 7) is 1.17. The van der Waals surface area contributed by atoms with Crippen LogP contribution in [0, 0.1) is 0 Å². The minimum Gasteiger partial charge on any atom is -0.371 e. The van der Waals surface area contributed by atoms with E-state index in [1.807, 2.05) is 66.7 Å². The molecule has 0 radical (unpaired) electrons. The van der Waals surface area contributed by atoms with Gasteiger partial charge in [-0.3, -0.25) is 4.79 Å². The molecule has 1 atom stereocenters. The first kappa shape index (κ1) is 17.5. The normalized spacial score (nSPS) is 16.0. The number of hydrogen-bond acceptors (Lipinski definition) is 2. The van der Waals surface area contributed by atoms with Gasteiger partial charge in [0.05, 0.1) is 12.5 Å². The molecule has 1 aliphatic rings. The molecule has 0 bridgehead atoms. The lowest BCUT2D eigenvalue weighted by atomic mass is 9.90. The number of ether oxygens (including phenoxy) is 1. The van der Waals surface area contributed by atoms with Crippen molar-refractivity contribution in [2.75, 3.05) is 13.2 Å². The first-order chi connectivity index (χ1) is 13.3. The summed E-state index contributed by atoms with van der Waals surface area (Å²) in [4.78, 5) is 13.1. The molecule has 27 heavy (non-hydrogen) atoms. The van der Waals surface area contributed by atoms with Gasteiger partial charge < -0.3 is 10.1 Å². The molecule has 0 aliphatic carbocycles. The molecule has 0 fully saturated rings. The Bertz CT molecular complexity index is 853. The molecule has 0 saturated carbocycles. The molecule has 136 valence electrons. The molecule has 1 amide bonds. The number of benzene rings is 3. The third-order valence-electron chi connectivity index (χ3n) is 5.08. The predicted octanol–water partition coefficient (Wildman–Crippen LogP) is 4.25. The molecule has 0 saturated heterocycles. The van der Waals surface area contributed by atoms with Crippen molar-refractivity contribution in [1.82, 2.24) is 5.32 Å². The fourth-order valence-electron chi connectivity index (χ4n) is 3.73. The van der Waals surface area contributed by atoms with Gasteiger partial charge in [0.2, 0.25) is 5.91 Å². The number of hydrogen-bond donors (Lipinski definition) is 1. The van der Waals surface area contributed by atoms with E-state index in [1.54, 1.807) is 0 Å². The molecule has 1 N–H and O–H groups in total. The van der Waals surface area contributed by atoms with E-state index in [-0.39, 0.29) is 17.9 Å². The van der Waals surface area contributed by atoms with Gasteiger partial charge in [-0.1, -0.05) is 84.9 Å². The molecular weight excluding hydrogens is 334 g/mol. The Kier molecular flexibility index (Phi) is 5.31. The first-order valence-electron chi connectivity index (χ1n) is 9.40. The van der Waals surface area contributed by atoms with Gasteiger partial charge in [0.15, 0.2) is 0 Å². The van der Waals surface area contributed by atoms with Gasteiger partial charge in [-0.05, 0) is 28.7 Å². The average Bonchev–Trinajstić information content (AvgIpc) is 2.74. The Morgan fingerprint density at radius 3 is 2.15 bits per heavy atom. The Morgan fingerprint density at radius 2 is 1.48 bits per heavy atom. The second-order valence-electron chi connectivity index (χ2n) is 6.81. The molecule has 3 heteroatoms. The van der Waals surface area contributed by atoms with Crippen LogP contribution < -0.4 is 5.32 Å². The molecule has 1 heterocycles. The highest BCUT2D eigenvalue weighted by Gasteiger charge is 2.25. The zero-order valence-corrected chi connectivity index (χ0v) is 15.2. The highest BCUT2D eigenvalue weighted by molar-refractivity contribution is 5.87. The lowest BCUT2D eigenvalue weighted by Crippen LogP contribution is -2.35. The van der Waals surface area contributed by atoms with Crippen LogP contribution >= 0.6 is 0 Å². The van der Waals surface area contributed by atoms with Crippen LogP contribution in [0.1, 0.15) is 34.3 Å². The zero-order valence-electron chi connectivity index (χ0n) is 15.2.